The first-order chi connectivity index (χ1) is 8.07. The van der Waals surface area contributed by atoms with Crippen LogP contribution >= 0.6 is 0 Å². The van der Waals surface area contributed by atoms with Gasteiger partial charge >= 0.3 is 0 Å². The molecular weight excluding hydrogens is 214 g/mol. The Morgan fingerprint density at radius 2 is 2.18 bits per heavy atom. The Morgan fingerprint density at radius 1 is 1.47 bits per heavy atom. The van der Waals surface area contributed by atoms with Crippen molar-refractivity contribution in [3.05, 3.63) is 29.3 Å². The van der Waals surface area contributed by atoms with Crippen LogP contribution in [-0.4, -0.2) is 32.6 Å². The Kier molecular flexibility index (Phi) is 4.97. The van der Waals surface area contributed by atoms with E-state index in [9.17, 15) is 0 Å². The lowest BCUT2D eigenvalue weighted by atomic mass is 10.1. The molecule has 1 aromatic rings. The van der Waals surface area contributed by atoms with E-state index in [1.54, 1.807) is 0 Å². The lowest BCUT2D eigenvalue weighted by Gasteiger charge is -2.24. The zero-order valence-corrected chi connectivity index (χ0v) is 10.8. The SMILES string of the molecule is CCOCCN(C)c1c(C)cccc1C(=N)N. The molecule has 0 saturated carbocycles. The summed E-state index contributed by atoms with van der Waals surface area (Å²) < 4.78 is 5.34. The second-order valence-corrected chi connectivity index (χ2v) is 4.00. The maximum Gasteiger partial charge on any atom is 0.124 e. The van der Waals surface area contributed by atoms with Gasteiger partial charge < -0.3 is 15.4 Å². The first-order valence-electron chi connectivity index (χ1n) is 5.80. The lowest BCUT2D eigenvalue weighted by molar-refractivity contribution is 0.154. The quantitative estimate of drug-likeness (QED) is 0.448. The number of aryl methyl sites for hydroxylation is 1. The number of hydrogen-bond donors (Lipinski definition) is 2. The van der Waals surface area contributed by atoms with Crippen molar-refractivity contribution >= 4 is 11.5 Å². The normalized spacial score (nSPS) is 10.3. The van der Waals surface area contributed by atoms with Crippen LogP contribution in [0.3, 0.4) is 0 Å². The van der Waals surface area contributed by atoms with Gasteiger partial charge in [0.15, 0.2) is 0 Å². The zero-order valence-electron chi connectivity index (χ0n) is 10.8. The third-order valence-corrected chi connectivity index (χ3v) is 2.68. The smallest absolute Gasteiger partial charge is 0.124 e. The summed E-state index contributed by atoms with van der Waals surface area (Å²) in [5.41, 5.74) is 8.52. The highest BCUT2D eigenvalue weighted by atomic mass is 16.5. The summed E-state index contributed by atoms with van der Waals surface area (Å²) in [5, 5.41) is 7.60. The number of para-hydroxylation sites is 1. The molecule has 0 bridgehead atoms. The van der Waals surface area contributed by atoms with Gasteiger partial charge in [0.05, 0.1) is 12.3 Å². The summed E-state index contributed by atoms with van der Waals surface area (Å²) >= 11 is 0. The Balaban J connectivity index is 2.90. The summed E-state index contributed by atoms with van der Waals surface area (Å²) in [4.78, 5) is 2.09. The molecule has 94 valence electrons. The predicted octanol–water partition coefficient (Wildman–Crippen LogP) is 1.75. The maximum absolute atomic E-state index is 7.60. The number of rotatable bonds is 6. The number of likely N-dealkylation sites (N-methyl/N-ethyl adjacent to an activating group) is 1. The van der Waals surface area contributed by atoms with E-state index in [-0.39, 0.29) is 5.84 Å². The van der Waals surface area contributed by atoms with Crippen LogP contribution in [0.5, 0.6) is 0 Å². The van der Waals surface area contributed by atoms with Crippen LogP contribution in [0, 0.1) is 12.3 Å². The number of nitrogen functional groups attached to an aromatic ring is 1. The van der Waals surface area contributed by atoms with Crippen molar-refractivity contribution < 1.29 is 4.74 Å². The van der Waals surface area contributed by atoms with E-state index in [2.05, 4.69) is 4.90 Å². The molecule has 4 heteroatoms. The van der Waals surface area contributed by atoms with Gasteiger partial charge in [0.1, 0.15) is 5.84 Å². The number of nitrogens with two attached hydrogens (primary N) is 1. The third-order valence-electron chi connectivity index (χ3n) is 2.68. The topological polar surface area (TPSA) is 62.3 Å². The van der Waals surface area contributed by atoms with Gasteiger partial charge in [0.2, 0.25) is 0 Å². The standard InChI is InChI=1S/C13H21N3O/c1-4-17-9-8-16(3)12-10(2)6-5-7-11(12)13(14)15/h5-7H,4,8-9H2,1-3H3,(H3,14,15). The molecule has 0 atom stereocenters. The first kappa shape index (κ1) is 13.5. The van der Waals surface area contributed by atoms with Crippen LogP contribution < -0.4 is 10.6 Å². The molecule has 0 spiro atoms. The van der Waals surface area contributed by atoms with Crippen molar-refractivity contribution in [1.82, 2.24) is 0 Å². The van der Waals surface area contributed by atoms with Gasteiger partial charge in [-0.25, -0.2) is 0 Å². The molecule has 17 heavy (non-hydrogen) atoms. The Morgan fingerprint density at radius 3 is 2.76 bits per heavy atom. The van der Waals surface area contributed by atoms with Gasteiger partial charge in [-0.1, -0.05) is 12.1 Å². The lowest BCUT2D eigenvalue weighted by Crippen LogP contribution is -2.26. The van der Waals surface area contributed by atoms with Crippen molar-refractivity contribution in [2.45, 2.75) is 13.8 Å². The average molecular weight is 235 g/mol. The molecule has 0 radical (unpaired) electrons. The van der Waals surface area contributed by atoms with Gasteiger partial charge in [0, 0.05) is 25.8 Å². The van der Waals surface area contributed by atoms with Gasteiger partial charge in [-0.3, -0.25) is 5.41 Å². The fourth-order valence-electron chi connectivity index (χ4n) is 1.84. The minimum absolute atomic E-state index is 0.104. The van der Waals surface area contributed by atoms with Crippen LogP contribution in [0.15, 0.2) is 18.2 Å². The van der Waals surface area contributed by atoms with Crippen molar-refractivity contribution in [3.8, 4) is 0 Å². The molecule has 1 rings (SSSR count). The molecular formula is C13H21N3O. The van der Waals surface area contributed by atoms with E-state index in [4.69, 9.17) is 15.9 Å². The van der Waals surface area contributed by atoms with Gasteiger partial charge in [0.25, 0.3) is 0 Å². The van der Waals surface area contributed by atoms with Crippen LogP contribution in [0.25, 0.3) is 0 Å². The molecule has 3 N–H and O–H groups in total. The highest BCUT2D eigenvalue weighted by Gasteiger charge is 2.11. The maximum atomic E-state index is 7.60. The molecule has 0 aromatic heterocycles. The average Bonchev–Trinajstić information content (AvgIpc) is 2.28. The van der Waals surface area contributed by atoms with Crippen LogP contribution in [-0.2, 0) is 4.74 Å². The Hall–Kier alpha value is -1.55. The molecule has 0 aliphatic rings. The zero-order chi connectivity index (χ0) is 12.8. The van der Waals surface area contributed by atoms with Crippen LogP contribution in [0.1, 0.15) is 18.1 Å². The minimum Gasteiger partial charge on any atom is -0.384 e. The van der Waals surface area contributed by atoms with Crippen molar-refractivity contribution in [2.24, 2.45) is 5.73 Å². The molecule has 4 nitrogen and oxygen atoms in total. The molecule has 0 amide bonds. The molecule has 0 heterocycles. The monoisotopic (exact) mass is 235 g/mol. The van der Waals surface area contributed by atoms with Crippen molar-refractivity contribution in [3.63, 3.8) is 0 Å². The van der Waals surface area contributed by atoms with Crippen LogP contribution in [0.4, 0.5) is 5.69 Å². The molecule has 0 fully saturated rings. The summed E-state index contributed by atoms with van der Waals surface area (Å²) in [7, 11) is 1.99. The molecule has 0 saturated heterocycles. The number of nitrogens with one attached hydrogen (secondary N) is 1. The number of amidine groups is 1. The summed E-state index contributed by atoms with van der Waals surface area (Å²) in [6.45, 7) is 6.20. The molecule has 0 aliphatic carbocycles. The number of anilines is 1. The van der Waals surface area contributed by atoms with E-state index in [1.165, 1.54) is 0 Å². The predicted molar refractivity (Wildman–Crippen MR) is 72.0 cm³/mol. The van der Waals surface area contributed by atoms with E-state index >= 15 is 0 Å². The number of nitrogens with zero attached hydrogens (tertiary/aromatic N) is 1. The van der Waals surface area contributed by atoms with Gasteiger partial charge in [-0.2, -0.15) is 0 Å². The van der Waals surface area contributed by atoms with Crippen molar-refractivity contribution in [2.75, 3.05) is 31.7 Å². The number of hydrogen-bond acceptors (Lipinski definition) is 3. The first-order valence-corrected chi connectivity index (χ1v) is 5.80. The fourth-order valence-corrected chi connectivity index (χ4v) is 1.84. The van der Waals surface area contributed by atoms with E-state index < -0.39 is 0 Å². The molecule has 0 aliphatic heterocycles. The van der Waals surface area contributed by atoms with Gasteiger partial charge in [-0.05, 0) is 25.5 Å². The van der Waals surface area contributed by atoms with E-state index in [1.807, 2.05) is 39.1 Å². The largest absolute Gasteiger partial charge is 0.384 e. The summed E-state index contributed by atoms with van der Waals surface area (Å²) in [5.74, 6) is 0.104. The fraction of sp³-hybridized carbons (Fsp3) is 0.462. The second-order valence-electron chi connectivity index (χ2n) is 4.00. The van der Waals surface area contributed by atoms with E-state index in [0.717, 1.165) is 30.0 Å². The second kappa shape index (κ2) is 6.25. The third kappa shape index (κ3) is 3.46. The van der Waals surface area contributed by atoms with Gasteiger partial charge in [-0.15, -0.1) is 0 Å². The van der Waals surface area contributed by atoms with E-state index in [0.29, 0.717) is 6.61 Å². The molecule has 0 unspecified atom stereocenters. The highest BCUT2D eigenvalue weighted by molar-refractivity contribution is 6.01. The molecule has 1 aromatic carbocycles. The highest BCUT2D eigenvalue weighted by Crippen LogP contribution is 2.23. The minimum atomic E-state index is 0.104. The van der Waals surface area contributed by atoms with Crippen LogP contribution in [0.2, 0.25) is 0 Å². The Bertz CT molecular complexity index is 390. The summed E-state index contributed by atoms with van der Waals surface area (Å²) in [6, 6.07) is 5.83. The summed E-state index contributed by atoms with van der Waals surface area (Å²) in [6.07, 6.45) is 0. The number of ether oxygens (including phenoxy) is 1. The Labute approximate surface area is 103 Å². The van der Waals surface area contributed by atoms with Crippen molar-refractivity contribution in [1.29, 1.82) is 5.41 Å². The number of benzene rings is 1.